The average Bonchev–Trinajstić information content (AvgIpc) is 2.66. The molecule has 28 heavy (non-hydrogen) atoms. The Hall–Kier alpha value is -2.38. The fourth-order valence-electron chi connectivity index (χ4n) is 3.40. The van der Waals surface area contributed by atoms with E-state index in [0.717, 1.165) is 31.5 Å². The molecule has 0 radical (unpaired) electrons. The molecule has 7 heteroatoms. The fourth-order valence-corrected chi connectivity index (χ4v) is 4.24. The molecule has 150 valence electrons. The smallest absolute Gasteiger partial charge is 0.243 e. The molecule has 1 fully saturated rings. The lowest BCUT2D eigenvalue weighted by molar-refractivity contribution is -0.131. The Morgan fingerprint density at radius 2 is 1.68 bits per heavy atom. The summed E-state index contributed by atoms with van der Waals surface area (Å²) in [6.07, 6.45) is 1.14. The Balaban J connectivity index is 1.61. The van der Waals surface area contributed by atoms with Crippen LogP contribution in [0.25, 0.3) is 0 Å². The summed E-state index contributed by atoms with van der Waals surface area (Å²) in [5, 5.41) is 0. The van der Waals surface area contributed by atoms with Crippen LogP contribution in [0.2, 0.25) is 0 Å². The zero-order valence-corrected chi connectivity index (χ0v) is 17.2. The van der Waals surface area contributed by atoms with Crippen molar-refractivity contribution in [3.63, 3.8) is 0 Å². The minimum absolute atomic E-state index is 0.161. The molecule has 0 atom stereocenters. The molecule has 0 bridgehead atoms. The van der Waals surface area contributed by atoms with Crippen LogP contribution in [0.15, 0.2) is 54.6 Å². The summed E-state index contributed by atoms with van der Waals surface area (Å²) < 4.78 is 25.7. The summed E-state index contributed by atoms with van der Waals surface area (Å²) in [5.41, 5.74) is 2.73. The van der Waals surface area contributed by atoms with Crippen molar-refractivity contribution in [2.24, 2.45) is 0 Å². The van der Waals surface area contributed by atoms with Crippen molar-refractivity contribution < 1.29 is 13.2 Å². The largest absolute Gasteiger partial charge is 0.339 e. The van der Waals surface area contributed by atoms with Gasteiger partial charge in [-0.3, -0.25) is 14.0 Å². The molecule has 2 aromatic carbocycles. The van der Waals surface area contributed by atoms with Crippen LogP contribution in [0, 0.1) is 6.92 Å². The maximum Gasteiger partial charge on any atom is 0.243 e. The lowest BCUT2D eigenvalue weighted by Gasteiger charge is -2.35. The van der Waals surface area contributed by atoms with Crippen LogP contribution in [0.5, 0.6) is 0 Å². The van der Waals surface area contributed by atoms with Gasteiger partial charge in [0.15, 0.2) is 0 Å². The molecule has 3 rings (SSSR count). The van der Waals surface area contributed by atoms with E-state index in [0.29, 0.717) is 18.8 Å². The predicted molar refractivity (Wildman–Crippen MR) is 112 cm³/mol. The second-order valence-electron chi connectivity index (χ2n) is 7.25. The monoisotopic (exact) mass is 401 g/mol. The second kappa shape index (κ2) is 8.75. The second-order valence-corrected chi connectivity index (χ2v) is 9.16. The fraction of sp³-hybridized carbons (Fsp3) is 0.381. The molecule has 2 aromatic rings. The van der Waals surface area contributed by atoms with Gasteiger partial charge in [-0.2, -0.15) is 0 Å². The number of carbonyl (C=O) groups excluding carboxylic acids is 1. The van der Waals surface area contributed by atoms with Gasteiger partial charge in [-0.15, -0.1) is 0 Å². The third-order valence-corrected chi connectivity index (χ3v) is 6.08. The van der Waals surface area contributed by atoms with E-state index in [1.54, 1.807) is 23.1 Å². The first-order valence-corrected chi connectivity index (χ1v) is 11.3. The van der Waals surface area contributed by atoms with Crippen LogP contribution < -0.4 is 4.31 Å². The van der Waals surface area contributed by atoms with Gasteiger partial charge in [0.05, 0.1) is 11.9 Å². The van der Waals surface area contributed by atoms with Crippen LogP contribution in [0.1, 0.15) is 11.1 Å². The Kier molecular flexibility index (Phi) is 6.36. The molecule has 0 aliphatic carbocycles. The number of benzene rings is 2. The maximum absolute atomic E-state index is 12.8. The first-order valence-electron chi connectivity index (χ1n) is 9.41. The number of nitrogens with zero attached hydrogens (tertiary/aromatic N) is 3. The first-order chi connectivity index (χ1) is 13.3. The van der Waals surface area contributed by atoms with E-state index in [-0.39, 0.29) is 12.5 Å². The molecule has 1 aliphatic rings. The van der Waals surface area contributed by atoms with Crippen LogP contribution in [0.3, 0.4) is 0 Å². The highest BCUT2D eigenvalue weighted by Crippen LogP contribution is 2.19. The maximum atomic E-state index is 12.8. The van der Waals surface area contributed by atoms with Crippen molar-refractivity contribution in [2.75, 3.05) is 43.3 Å². The highest BCUT2D eigenvalue weighted by Gasteiger charge is 2.26. The standard InChI is InChI=1S/C21H27N3O3S/c1-18-7-6-10-20(15-18)24(28(2,26)27)17-21(25)23-13-11-22(12-14-23)16-19-8-4-3-5-9-19/h3-10,15H,11-14,16-17H2,1-2H3. The number of piperazine rings is 1. The summed E-state index contributed by atoms with van der Waals surface area (Å²) in [6.45, 7) is 5.38. The molecule has 0 spiro atoms. The van der Waals surface area contributed by atoms with Gasteiger partial charge < -0.3 is 4.90 Å². The Morgan fingerprint density at radius 3 is 2.29 bits per heavy atom. The molecule has 1 saturated heterocycles. The van der Waals surface area contributed by atoms with Gasteiger partial charge in [-0.25, -0.2) is 8.42 Å². The summed E-state index contributed by atoms with van der Waals surface area (Å²) in [7, 11) is -3.54. The summed E-state index contributed by atoms with van der Waals surface area (Å²) in [5.74, 6) is -0.161. The van der Waals surface area contributed by atoms with Gasteiger partial charge in [-0.05, 0) is 30.2 Å². The molecule has 1 aliphatic heterocycles. The number of sulfonamides is 1. The van der Waals surface area contributed by atoms with Gasteiger partial charge in [-0.1, -0.05) is 42.5 Å². The summed E-state index contributed by atoms with van der Waals surface area (Å²) in [6, 6.07) is 17.5. The Labute approximate surface area is 167 Å². The molecule has 0 aromatic heterocycles. The Morgan fingerprint density at radius 1 is 1.00 bits per heavy atom. The number of hydrogen-bond donors (Lipinski definition) is 0. The zero-order valence-electron chi connectivity index (χ0n) is 16.4. The van der Waals surface area contributed by atoms with Gasteiger partial charge in [0.1, 0.15) is 6.54 Å². The molecule has 1 heterocycles. The SMILES string of the molecule is Cc1cccc(N(CC(=O)N2CCN(Cc3ccccc3)CC2)S(C)(=O)=O)c1. The highest BCUT2D eigenvalue weighted by molar-refractivity contribution is 7.92. The van der Waals surface area contributed by atoms with E-state index in [2.05, 4.69) is 17.0 Å². The van der Waals surface area contributed by atoms with Crippen LogP contribution in [-0.2, 0) is 21.4 Å². The summed E-state index contributed by atoms with van der Waals surface area (Å²) >= 11 is 0. The minimum Gasteiger partial charge on any atom is -0.339 e. The van der Waals surface area contributed by atoms with E-state index in [1.807, 2.05) is 31.2 Å². The number of hydrogen-bond acceptors (Lipinski definition) is 4. The molecule has 0 N–H and O–H groups in total. The summed E-state index contributed by atoms with van der Waals surface area (Å²) in [4.78, 5) is 16.9. The van der Waals surface area contributed by atoms with E-state index < -0.39 is 10.0 Å². The molecule has 0 unspecified atom stereocenters. The first kappa shape index (κ1) is 20.4. The van der Waals surface area contributed by atoms with Gasteiger partial charge >= 0.3 is 0 Å². The molecule has 0 saturated carbocycles. The van der Waals surface area contributed by atoms with E-state index in [9.17, 15) is 13.2 Å². The molecular weight excluding hydrogens is 374 g/mol. The van der Waals surface area contributed by atoms with Crippen molar-refractivity contribution in [1.82, 2.24) is 9.80 Å². The number of amides is 1. The Bertz CT molecular complexity index is 908. The van der Waals surface area contributed by atoms with Crippen molar-refractivity contribution >= 4 is 21.6 Å². The third-order valence-electron chi connectivity index (χ3n) is 4.94. The average molecular weight is 402 g/mol. The van der Waals surface area contributed by atoms with Gasteiger partial charge in [0.25, 0.3) is 0 Å². The van der Waals surface area contributed by atoms with Gasteiger partial charge in [0, 0.05) is 32.7 Å². The quantitative estimate of drug-likeness (QED) is 0.744. The van der Waals surface area contributed by atoms with Crippen LogP contribution in [0.4, 0.5) is 5.69 Å². The highest BCUT2D eigenvalue weighted by atomic mass is 32.2. The molecular formula is C21H27N3O3S. The van der Waals surface area contributed by atoms with E-state index in [4.69, 9.17) is 0 Å². The molecule has 6 nitrogen and oxygen atoms in total. The van der Waals surface area contributed by atoms with Crippen molar-refractivity contribution in [2.45, 2.75) is 13.5 Å². The van der Waals surface area contributed by atoms with Crippen LogP contribution in [-0.4, -0.2) is 63.1 Å². The topological polar surface area (TPSA) is 60.9 Å². The number of aryl methyl sites for hydroxylation is 1. The normalized spacial score (nSPS) is 15.4. The lowest BCUT2D eigenvalue weighted by Crippen LogP contribution is -2.51. The zero-order chi connectivity index (χ0) is 20.1. The number of anilines is 1. The van der Waals surface area contributed by atoms with E-state index >= 15 is 0 Å². The lowest BCUT2D eigenvalue weighted by atomic mass is 10.2. The van der Waals surface area contributed by atoms with Crippen molar-refractivity contribution in [1.29, 1.82) is 0 Å². The number of carbonyl (C=O) groups is 1. The van der Waals surface area contributed by atoms with Crippen molar-refractivity contribution in [3.8, 4) is 0 Å². The number of rotatable bonds is 6. The third kappa shape index (κ3) is 5.33. The predicted octanol–water partition coefficient (Wildman–Crippen LogP) is 2.11. The molecule has 1 amide bonds. The van der Waals surface area contributed by atoms with Gasteiger partial charge in [0.2, 0.25) is 15.9 Å². The van der Waals surface area contributed by atoms with Crippen LogP contribution >= 0.6 is 0 Å². The minimum atomic E-state index is -3.54. The van der Waals surface area contributed by atoms with Crippen molar-refractivity contribution in [3.05, 3.63) is 65.7 Å². The van der Waals surface area contributed by atoms with E-state index in [1.165, 1.54) is 9.87 Å².